The molecule has 7 heteroatoms. The van der Waals surface area contributed by atoms with Crippen LogP contribution in [0.4, 0.5) is 11.4 Å². The van der Waals surface area contributed by atoms with Gasteiger partial charge < -0.3 is 10.3 Å². The summed E-state index contributed by atoms with van der Waals surface area (Å²) in [6, 6.07) is 4.29. The number of carbonyl (C=O) groups excluding carboxylic acids is 1. The van der Waals surface area contributed by atoms with E-state index in [0.717, 1.165) is 12.8 Å². The normalized spacial score (nSPS) is 16.0. The first kappa shape index (κ1) is 14.3. The summed E-state index contributed by atoms with van der Waals surface area (Å²) >= 11 is 0. The predicted molar refractivity (Wildman–Crippen MR) is 75.2 cm³/mol. The van der Waals surface area contributed by atoms with Crippen LogP contribution in [-0.2, 0) is 0 Å². The SMILES string of the molecule is CC1CCN(C(=O)c2ccc(NN)c([N+](=O)[O-])c2)CC1. The van der Waals surface area contributed by atoms with Gasteiger partial charge in [-0.2, -0.15) is 0 Å². The highest BCUT2D eigenvalue weighted by molar-refractivity contribution is 5.95. The van der Waals surface area contributed by atoms with Crippen molar-refractivity contribution in [3.05, 3.63) is 33.9 Å². The number of nitro groups is 1. The Morgan fingerprint density at radius 1 is 1.45 bits per heavy atom. The van der Waals surface area contributed by atoms with Crippen molar-refractivity contribution in [1.29, 1.82) is 0 Å². The maximum atomic E-state index is 12.3. The number of amides is 1. The second-order valence-corrected chi connectivity index (χ2v) is 5.11. The van der Waals surface area contributed by atoms with Gasteiger partial charge in [0.15, 0.2) is 0 Å². The van der Waals surface area contributed by atoms with Gasteiger partial charge in [0.25, 0.3) is 11.6 Å². The molecule has 1 aromatic carbocycles. The Morgan fingerprint density at radius 2 is 2.10 bits per heavy atom. The van der Waals surface area contributed by atoms with Crippen LogP contribution in [0.1, 0.15) is 30.1 Å². The number of hydrogen-bond donors (Lipinski definition) is 2. The van der Waals surface area contributed by atoms with E-state index in [4.69, 9.17) is 5.84 Å². The number of rotatable bonds is 3. The Bertz CT molecular complexity index is 524. The maximum absolute atomic E-state index is 12.3. The first-order valence-corrected chi connectivity index (χ1v) is 6.57. The smallest absolute Gasteiger partial charge is 0.294 e. The Balaban J connectivity index is 2.22. The summed E-state index contributed by atoms with van der Waals surface area (Å²) in [7, 11) is 0. The number of nitrogen functional groups attached to an aromatic ring is 1. The van der Waals surface area contributed by atoms with Crippen LogP contribution in [0.2, 0.25) is 0 Å². The van der Waals surface area contributed by atoms with E-state index in [2.05, 4.69) is 12.3 Å². The molecule has 1 aromatic rings. The van der Waals surface area contributed by atoms with Crippen LogP contribution in [0.25, 0.3) is 0 Å². The number of likely N-dealkylation sites (tertiary alicyclic amines) is 1. The molecular weight excluding hydrogens is 260 g/mol. The Kier molecular flexibility index (Phi) is 4.19. The number of nitro benzene ring substituents is 1. The minimum absolute atomic E-state index is 0.163. The van der Waals surface area contributed by atoms with Gasteiger partial charge in [0.05, 0.1) is 4.92 Å². The van der Waals surface area contributed by atoms with Crippen molar-refractivity contribution in [2.24, 2.45) is 11.8 Å². The van der Waals surface area contributed by atoms with Crippen LogP contribution in [0, 0.1) is 16.0 Å². The quantitative estimate of drug-likeness (QED) is 0.498. The zero-order valence-corrected chi connectivity index (χ0v) is 11.3. The van der Waals surface area contributed by atoms with Gasteiger partial charge in [0, 0.05) is 24.7 Å². The van der Waals surface area contributed by atoms with Crippen molar-refractivity contribution in [2.75, 3.05) is 18.5 Å². The van der Waals surface area contributed by atoms with Gasteiger partial charge >= 0.3 is 0 Å². The van der Waals surface area contributed by atoms with Gasteiger partial charge in [-0.25, -0.2) is 0 Å². The van der Waals surface area contributed by atoms with E-state index in [1.54, 1.807) is 11.0 Å². The molecule has 108 valence electrons. The molecule has 0 radical (unpaired) electrons. The standard InChI is InChI=1S/C13H18N4O3/c1-9-4-6-16(7-5-9)13(18)10-2-3-11(15-14)12(8-10)17(19)20/h2-3,8-9,15H,4-7,14H2,1H3. The first-order valence-electron chi connectivity index (χ1n) is 6.57. The molecule has 20 heavy (non-hydrogen) atoms. The molecule has 0 saturated carbocycles. The molecule has 1 aliphatic heterocycles. The summed E-state index contributed by atoms with van der Waals surface area (Å²) in [5.41, 5.74) is 2.59. The number of carbonyl (C=O) groups is 1. The van der Waals surface area contributed by atoms with E-state index in [1.807, 2.05) is 0 Å². The summed E-state index contributed by atoms with van der Waals surface area (Å²) in [6.07, 6.45) is 1.94. The number of anilines is 1. The fourth-order valence-electron chi connectivity index (χ4n) is 2.33. The Morgan fingerprint density at radius 3 is 2.65 bits per heavy atom. The Hall–Kier alpha value is -2.15. The fraction of sp³-hybridized carbons (Fsp3) is 0.462. The highest BCUT2D eigenvalue weighted by Gasteiger charge is 2.23. The van der Waals surface area contributed by atoms with Gasteiger partial charge in [-0.3, -0.25) is 20.8 Å². The first-order chi connectivity index (χ1) is 9.52. The molecule has 0 bridgehead atoms. The van der Waals surface area contributed by atoms with E-state index in [0.29, 0.717) is 24.6 Å². The minimum atomic E-state index is -0.551. The molecular formula is C13H18N4O3. The summed E-state index contributed by atoms with van der Waals surface area (Å²) in [5.74, 6) is 5.68. The largest absolute Gasteiger partial charge is 0.339 e. The average molecular weight is 278 g/mol. The highest BCUT2D eigenvalue weighted by atomic mass is 16.6. The van der Waals surface area contributed by atoms with E-state index in [1.165, 1.54) is 12.1 Å². The number of benzene rings is 1. The molecule has 0 aromatic heterocycles. The summed E-state index contributed by atoms with van der Waals surface area (Å²) < 4.78 is 0. The molecule has 1 aliphatic rings. The van der Waals surface area contributed by atoms with Gasteiger partial charge in [-0.15, -0.1) is 0 Å². The van der Waals surface area contributed by atoms with E-state index in [9.17, 15) is 14.9 Å². The van der Waals surface area contributed by atoms with Gasteiger partial charge in [-0.1, -0.05) is 6.92 Å². The number of nitrogens with zero attached hydrogens (tertiary/aromatic N) is 2. The van der Waals surface area contributed by atoms with Gasteiger partial charge in [0.1, 0.15) is 5.69 Å². The topological polar surface area (TPSA) is 102 Å². The maximum Gasteiger partial charge on any atom is 0.294 e. The van der Waals surface area contributed by atoms with Crippen LogP contribution in [0.5, 0.6) is 0 Å². The number of piperidine rings is 1. The van der Waals surface area contributed by atoms with Crippen molar-refractivity contribution in [3.63, 3.8) is 0 Å². The molecule has 0 atom stereocenters. The average Bonchev–Trinajstić information content (AvgIpc) is 2.46. The third-order valence-corrected chi connectivity index (χ3v) is 3.67. The molecule has 1 heterocycles. The van der Waals surface area contributed by atoms with Crippen molar-refractivity contribution < 1.29 is 9.72 Å². The van der Waals surface area contributed by atoms with Crippen molar-refractivity contribution in [3.8, 4) is 0 Å². The lowest BCUT2D eigenvalue weighted by atomic mass is 9.98. The molecule has 7 nitrogen and oxygen atoms in total. The van der Waals surface area contributed by atoms with Crippen LogP contribution in [0.15, 0.2) is 18.2 Å². The van der Waals surface area contributed by atoms with Gasteiger partial charge in [0.2, 0.25) is 0 Å². The lowest BCUT2D eigenvalue weighted by Crippen LogP contribution is -2.37. The van der Waals surface area contributed by atoms with E-state index >= 15 is 0 Å². The molecule has 0 unspecified atom stereocenters. The zero-order chi connectivity index (χ0) is 14.7. The second-order valence-electron chi connectivity index (χ2n) is 5.11. The number of hydrogen-bond acceptors (Lipinski definition) is 5. The molecule has 2 rings (SSSR count). The minimum Gasteiger partial charge on any atom is -0.339 e. The molecule has 1 saturated heterocycles. The second kappa shape index (κ2) is 5.87. The summed E-state index contributed by atoms with van der Waals surface area (Å²) in [5, 5.41) is 11.0. The van der Waals surface area contributed by atoms with Gasteiger partial charge in [-0.05, 0) is 30.9 Å². The van der Waals surface area contributed by atoms with Crippen molar-refractivity contribution >= 4 is 17.3 Å². The number of nitrogens with one attached hydrogen (secondary N) is 1. The van der Waals surface area contributed by atoms with E-state index < -0.39 is 4.92 Å². The molecule has 1 amide bonds. The zero-order valence-electron chi connectivity index (χ0n) is 11.3. The third kappa shape index (κ3) is 2.88. The third-order valence-electron chi connectivity index (χ3n) is 3.67. The molecule has 3 N–H and O–H groups in total. The molecule has 0 aliphatic carbocycles. The fourth-order valence-corrected chi connectivity index (χ4v) is 2.33. The lowest BCUT2D eigenvalue weighted by molar-refractivity contribution is -0.384. The Labute approximate surface area is 116 Å². The van der Waals surface area contributed by atoms with Crippen molar-refractivity contribution in [2.45, 2.75) is 19.8 Å². The van der Waals surface area contributed by atoms with E-state index in [-0.39, 0.29) is 17.3 Å². The van der Waals surface area contributed by atoms with Crippen LogP contribution in [-0.4, -0.2) is 28.8 Å². The van der Waals surface area contributed by atoms with Crippen LogP contribution in [0.3, 0.4) is 0 Å². The number of nitrogens with two attached hydrogens (primary N) is 1. The monoisotopic (exact) mass is 278 g/mol. The summed E-state index contributed by atoms with van der Waals surface area (Å²) in [6.45, 7) is 3.56. The highest BCUT2D eigenvalue weighted by Crippen LogP contribution is 2.26. The van der Waals surface area contributed by atoms with Crippen molar-refractivity contribution in [1.82, 2.24) is 4.90 Å². The molecule has 1 fully saturated rings. The molecule has 0 spiro atoms. The lowest BCUT2D eigenvalue weighted by Gasteiger charge is -2.30. The predicted octanol–water partition coefficient (Wildman–Crippen LogP) is 1.75. The van der Waals surface area contributed by atoms with Crippen LogP contribution >= 0.6 is 0 Å². The number of hydrazine groups is 1. The summed E-state index contributed by atoms with van der Waals surface area (Å²) in [4.78, 5) is 24.5. The van der Waals surface area contributed by atoms with Crippen LogP contribution < -0.4 is 11.3 Å².